The molecule has 0 aromatic heterocycles. The molecule has 1 spiro atoms. The van der Waals surface area contributed by atoms with Crippen molar-refractivity contribution in [2.45, 2.75) is 30.9 Å². The molecule has 0 aromatic carbocycles. The van der Waals surface area contributed by atoms with Gasteiger partial charge in [-0.25, -0.2) is 4.79 Å². The molecule has 2 rings (SSSR count). The lowest BCUT2D eigenvalue weighted by atomic mass is 10.0. The van der Waals surface area contributed by atoms with Crippen molar-refractivity contribution in [2.75, 3.05) is 31.6 Å². The summed E-state index contributed by atoms with van der Waals surface area (Å²) in [5.41, 5.74) is 0. The van der Waals surface area contributed by atoms with E-state index in [1.165, 1.54) is 0 Å². The van der Waals surface area contributed by atoms with E-state index in [2.05, 4.69) is 24.6 Å². The first-order valence-corrected chi connectivity index (χ1v) is 8.67. The molecule has 0 saturated carbocycles. The number of likely N-dealkylation sites (tertiary alicyclic amines) is 1. The largest absolute Gasteiger partial charge is 0.507 e. The van der Waals surface area contributed by atoms with Crippen molar-refractivity contribution in [3.8, 4) is 0 Å². The van der Waals surface area contributed by atoms with Crippen molar-refractivity contribution >= 4 is 36.5 Å². The Morgan fingerprint density at radius 3 is 2.62 bits per heavy atom. The number of hydrogen-bond acceptors (Lipinski definition) is 6. The van der Waals surface area contributed by atoms with E-state index in [1.54, 1.807) is 16.7 Å². The maximum Gasteiger partial charge on any atom is 0.507 e. The molecular formula is C13H22N2O4S2. The van der Waals surface area contributed by atoms with Crippen LogP contribution in [0.1, 0.15) is 19.8 Å². The van der Waals surface area contributed by atoms with Crippen LogP contribution in [-0.4, -0.2) is 69.7 Å². The molecule has 2 heterocycles. The fraction of sp³-hybridized carbons (Fsp3) is 0.846. The first-order valence-electron chi connectivity index (χ1n) is 7.06. The number of ether oxygens (including phenoxy) is 1. The first kappa shape index (κ1) is 16.8. The molecule has 2 fully saturated rings. The third-order valence-electron chi connectivity index (χ3n) is 4.16. The standard InChI is InChI=1S/C13H22N2O4S2/c1-9(7-20)11(16)15-10(19-12(17)18)8-21-13(15)3-5-14(2)6-4-13/h9-10,20H,3-8H2,1-2H3,(H,17,18)/t9-,10-/m1/s1. The van der Waals surface area contributed by atoms with Crippen molar-refractivity contribution < 1.29 is 19.4 Å². The number of hydrogen-bond donors (Lipinski definition) is 2. The van der Waals surface area contributed by atoms with Gasteiger partial charge in [0.2, 0.25) is 5.91 Å². The molecule has 1 N–H and O–H groups in total. The quantitative estimate of drug-likeness (QED) is 0.603. The van der Waals surface area contributed by atoms with Gasteiger partial charge in [-0.1, -0.05) is 6.92 Å². The summed E-state index contributed by atoms with van der Waals surface area (Å²) in [6.45, 7) is 3.61. The summed E-state index contributed by atoms with van der Waals surface area (Å²) in [6, 6.07) is 0. The van der Waals surface area contributed by atoms with Crippen LogP contribution < -0.4 is 0 Å². The molecule has 1 amide bonds. The zero-order valence-electron chi connectivity index (χ0n) is 12.3. The Morgan fingerprint density at radius 2 is 2.10 bits per heavy atom. The molecule has 0 radical (unpaired) electrons. The third kappa shape index (κ3) is 3.43. The van der Waals surface area contributed by atoms with E-state index >= 15 is 0 Å². The van der Waals surface area contributed by atoms with Crippen LogP contribution in [-0.2, 0) is 9.53 Å². The van der Waals surface area contributed by atoms with Crippen LogP contribution >= 0.6 is 24.4 Å². The molecule has 0 aromatic rings. The third-order valence-corrected chi connectivity index (χ3v) is 6.30. The molecule has 0 unspecified atom stereocenters. The van der Waals surface area contributed by atoms with Crippen LogP contribution in [0.15, 0.2) is 0 Å². The number of nitrogens with zero attached hydrogens (tertiary/aromatic N) is 2. The van der Waals surface area contributed by atoms with E-state index in [-0.39, 0.29) is 16.7 Å². The van der Waals surface area contributed by atoms with E-state index in [4.69, 9.17) is 9.84 Å². The second-order valence-electron chi connectivity index (χ2n) is 5.69. The minimum atomic E-state index is -1.33. The summed E-state index contributed by atoms with van der Waals surface area (Å²) < 4.78 is 4.96. The van der Waals surface area contributed by atoms with Gasteiger partial charge in [0, 0.05) is 24.8 Å². The summed E-state index contributed by atoms with van der Waals surface area (Å²) >= 11 is 5.84. The second kappa shape index (κ2) is 6.66. The van der Waals surface area contributed by atoms with Gasteiger partial charge < -0.3 is 14.7 Å². The lowest BCUT2D eigenvalue weighted by Crippen LogP contribution is -2.56. The molecule has 120 valence electrons. The lowest BCUT2D eigenvalue weighted by molar-refractivity contribution is -0.150. The van der Waals surface area contributed by atoms with Gasteiger partial charge in [0.25, 0.3) is 0 Å². The predicted molar refractivity (Wildman–Crippen MR) is 84.7 cm³/mol. The maximum absolute atomic E-state index is 12.7. The lowest BCUT2D eigenvalue weighted by Gasteiger charge is -2.44. The minimum Gasteiger partial charge on any atom is -0.450 e. The van der Waals surface area contributed by atoms with Crippen LogP contribution in [0, 0.1) is 5.92 Å². The number of thiol groups is 1. The monoisotopic (exact) mass is 334 g/mol. The predicted octanol–water partition coefficient (Wildman–Crippen LogP) is 1.57. The van der Waals surface area contributed by atoms with Gasteiger partial charge in [-0.2, -0.15) is 12.6 Å². The van der Waals surface area contributed by atoms with Gasteiger partial charge in [0.1, 0.15) is 0 Å². The summed E-state index contributed by atoms with van der Waals surface area (Å²) in [4.78, 5) is 27.2. The van der Waals surface area contributed by atoms with Crippen molar-refractivity contribution in [3.63, 3.8) is 0 Å². The highest BCUT2D eigenvalue weighted by Crippen LogP contribution is 2.47. The molecule has 8 heteroatoms. The smallest absolute Gasteiger partial charge is 0.450 e. The number of amides is 1. The molecular weight excluding hydrogens is 312 g/mol. The fourth-order valence-corrected chi connectivity index (χ4v) is 4.49. The SMILES string of the molecule is C[C@H](CS)C(=O)N1[C@H](OC(=O)O)CSC12CCN(C)CC2. The van der Waals surface area contributed by atoms with Crippen LogP contribution in [0.3, 0.4) is 0 Å². The molecule has 2 aliphatic rings. The van der Waals surface area contributed by atoms with Crippen LogP contribution in [0.5, 0.6) is 0 Å². The molecule has 2 aliphatic heterocycles. The van der Waals surface area contributed by atoms with E-state index in [1.807, 2.05) is 6.92 Å². The molecule has 0 aliphatic carbocycles. The zero-order chi connectivity index (χ0) is 15.6. The summed E-state index contributed by atoms with van der Waals surface area (Å²) in [6.07, 6.45) is -0.357. The van der Waals surface area contributed by atoms with Gasteiger partial charge in [-0.15, -0.1) is 11.8 Å². The minimum absolute atomic E-state index is 0.0641. The highest BCUT2D eigenvalue weighted by atomic mass is 32.2. The summed E-state index contributed by atoms with van der Waals surface area (Å²) in [7, 11) is 2.06. The van der Waals surface area contributed by atoms with Crippen LogP contribution in [0.2, 0.25) is 0 Å². The Morgan fingerprint density at radius 1 is 1.48 bits per heavy atom. The Hall–Kier alpha value is -0.600. The van der Waals surface area contributed by atoms with Gasteiger partial charge in [0.05, 0.1) is 10.6 Å². The normalized spacial score (nSPS) is 26.8. The maximum atomic E-state index is 12.7. The topological polar surface area (TPSA) is 70.1 Å². The molecule has 0 bridgehead atoms. The van der Waals surface area contributed by atoms with E-state index < -0.39 is 12.4 Å². The molecule has 2 saturated heterocycles. The van der Waals surface area contributed by atoms with E-state index in [9.17, 15) is 9.59 Å². The van der Waals surface area contributed by atoms with Crippen LogP contribution in [0.25, 0.3) is 0 Å². The molecule has 21 heavy (non-hydrogen) atoms. The molecule has 6 nitrogen and oxygen atoms in total. The van der Waals surface area contributed by atoms with Crippen molar-refractivity contribution in [1.82, 2.24) is 9.80 Å². The Labute approximate surface area is 134 Å². The van der Waals surface area contributed by atoms with E-state index in [0.717, 1.165) is 25.9 Å². The van der Waals surface area contributed by atoms with Gasteiger partial charge >= 0.3 is 6.16 Å². The number of piperidine rings is 1. The number of carbonyl (C=O) groups excluding carboxylic acids is 1. The van der Waals surface area contributed by atoms with Gasteiger partial charge in [-0.05, 0) is 19.9 Å². The Kier molecular flexibility index (Phi) is 5.32. The highest BCUT2D eigenvalue weighted by molar-refractivity contribution is 8.00. The first-order chi connectivity index (χ1) is 9.89. The number of thioether (sulfide) groups is 1. The average molecular weight is 334 g/mol. The number of carbonyl (C=O) groups is 2. The summed E-state index contributed by atoms with van der Waals surface area (Å²) in [5, 5.41) is 8.91. The summed E-state index contributed by atoms with van der Waals surface area (Å²) in [5.74, 6) is 0.630. The fourth-order valence-electron chi connectivity index (χ4n) is 2.85. The van der Waals surface area contributed by atoms with Crippen molar-refractivity contribution in [3.05, 3.63) is 0 Å². The van der Waals surface area contributed by atoms with Crippen LogP contribution in [0.4, 0.5) is 4.79 Å². The van der Waals surface area contributed by atoms with Crippen molar-refractivity contribution in [1.29, 1.82) is 0 Å². The van der Waals surface area contributed by atoms with Crippen molar-refractivity contribution in [2.24, 2.45) is 5.92 Å². The highest BCUT2D eigenvalue weighted by Gasteiger charge is 2.52. The van der Waals surface area contributed by atoms with Gasteiger partial charge in [-0.3, -0.25) is 9.69 Å². The van der Waals surface area contributed by atoms with Gasteiger partial charge in [0.15, 0.2) is 6.23 Å². The zero-order valence-corrected chi connectivity index (χ0v) is 14.0. The number of carboxylic acid groups (broad SMARTS) is 1. The Bertz CT molecular complexity index is 413. The molecule has 2 atom stereocenters. The number of rotatable bonds is 3. The van der Waals surface area contributed by atoms with E-state index in [0.29, 0.717) is 11.5 Å². The second-order valence-corrected chi connectivity index (χ2v) is 7.44. The Balaban J connectivity index is 2.23. The average Bonchev–Trinajstić information content (AvgIpc) is 2.78.